The first-order valence-corrected chi connectivity index (χ1v) is 6.61. The number of hydrogen-bond acceptors (Lipinski definition) is 3. The Morgan fingerprint density at radius 3 is 2.53 bits per heavy atom. The zero-order valence-electron chi connectivity index (χ0n) is 9.25. The van der Waals surface area contributed by atoms with Crippen LogP contribution in [-0.4, -0.2) is 47.8 Å². The Kier molecular flexibility index (Phi) is 7.60. The second kappa shape index (κ2) is 7.82. The quantitative estimate of drug-likeness (QED) is 0.755. The Morgan fingerprint density at radius 1 is 1.53 bits per heavy atom. The molecule has 0 aliphatic rings. The summed E-state index contributed by atoms with van der Waals surface area (Å²) >= 11 is 6.96. The second-order valence-corrected chi connectivity index (χ2v) is 4.29. The maximum Gasteiger partial charge on any atom is 0.324 e. The first-order valence-electron chi connectivity index (χ1n) is 4.68. The smallest absolute Gasteiger partial charge is 0.324 e. The summed E-state index contributed by atoms with van der Waals surface area (Å²) in [5.41, 5.74) is 0. The fourth-order valence-corrected chi connectivity index (χ4v) is 2.01. The van der Waals surface area contributed by atoms with Gasteiger partial charge in [0, 0.05) is 18.8 Å². The molecule has 0 bridgehead atoms. The highest BCUT2D eigenvalue weighted by atomic mass is 35.5. The van der Waals surface area contributed by atoms with Crippen molar-refractivity contribution in [2.45, 2.75) is 19.4 Å². The molecule has 88 valence electrons. The molecule has 0 fully saturated rings. The van der Waals surface area contributed by atoms with Crippen LogP contribution in [0, 0.1) is 0 Å². The van der Waals surface area contributed by atoms with E-state index in [2.05, 4.69) is 5.32 Å². The first-order chi connectivity index (χ1) is 7.06. The maximum atomic E-state index is 11.5. The van der Waals surface area contributed by atoms with E-state index in [0.717, 1.165) is 12.2 Å². The number of rotatable bonds is 5. The van der Waals surface area contributed by atoms with Gasteiger partial charge in [0.25, 0.3) is 0 Å². The molecule has 0 saturated heterocycles. The average molecular weight is 253 g/mol. The predicted molar refractivity (Wildman–Crippen MR) is 64.5 cm³/mol. The van der Waals surface area contributed by atoms with Crippen LogP contribution >= 0.6 is 23.4 Å². The predicted octanol–water partition coefficient (Wildman–Crippen LogP) is 1.53. The molecule has 0 spiro atoms. The summed E-state index contributed by atoms with van der Waals surface area (Å²) in [5.74, 6) is 0.196. The van der Waals surface area contributed by atoms with Crippen LogP contribution in [0.15, 0.2) is 0 Å². The molecular weight excluding hydrogens is 236 g/mol. The van der Waals surface area contributed by atoms with Crippen molar-refractivity contribution in [1.82, 2.24) is 10.2 Å². The van der Waals surface area contributed by atoms with Crippen LogP contribution in [0.1, 0.15) is 13.3 Å². The number of amides is 3. The van der Waals surface area contributed by atoms with Crippen molar-refractivity contribution in [3.05, 3.63) is 0 Å². The molecular formula is C9H17ClN2O2S. The van der Waals surface area contributed by atoms with E-state index in [4.69, 9.17) is 11.6 Å². The van der Waals surface area contributed by atoms with E-state index in [1.807, 2.05) is 13.2 Å². The average Bonchev–Trinajstić information content (AvgIpc) is 2.24. The van der Waals surface area contributed by atoms with E-state index in [0.29, 0.717) is 0 Å². The van der Waals surface area contributed by atoms with Gasteiger partial charge < -0.3 is 4.90 Å². The minimum Gasteiger partial charge on any atom is -0.324 e. The van der Waals surface area contributed by atoms with Gasteiger partial charge in [-0.25, -0.2) is 4.79 Å². The Balaban J connectivity index is 4.21. The summed E-state index contributed by atoms with van der Waals surface area (Å²) in [6, 6.07) is -0.246. The molecule has 1 unspecified atom stereocenters. The van der Waals surface area contributed by atoms with Gasteiger partial charge in [0.15, 0.2) is 0 Å². The van der Waals surface area contributed by atoms with Crippen molar-refractivity contribution < 1.29 is 9.59 Å². The highest BCUT2D eigenvalue weighted by Gasteiger charge is 2.18. The van der Waals surface area contributed by atoms with E-state index in [1.165, 1.54) is 0 Å². The van der Waals surface area contributed by atoms with E-state index in [-0.39, 0.29) is 18.0 Å². The molecule has 0 aliphatic heterocycles. The Morgan fingerprint density at radius 2 is 2.13 bits per heavy atom. The van der Waals surface area contributed by atoms with Crippen molar-refractivity contribution in [1.29, 1.82) is 0 Å². The van der Waals surface area contributed by atoms with Gasteiger partial charge in [-0.3, -0.25) is 10.1 Å². The third-order valence-corrected chi connectivity index (χ3v) is 3.03. The molecule has 15 heavy (non-hydrogen) atoms. The fraction of sp³-hybridized carbons (Fsp3) is 0.778. The third kappa shape index (κ3) is 5.28. The summed E-state index contributed by atoms with van der Waals surface area (Å²) in [6.45, 7) is 2.01. The van der Waals surface area contributed by atoms with Gasteiger partial charge in [-0.1, -0.05) is 6.92 Å². The molecule has 1 N–H and O–H groups in total. The molecule has 1 atom stereocenters. The molecule has 6 heteroatoms. The number of urea groups is 1. The molecule has 0 aromatic rings. The van der Waals surface area contributed by atoms with Gasteiger partial charge in [0.05, 0.1) is 0 Å². The minimum absolute atomic E-state index is 0.142. The SMILES string of the molecule is CCC(CSC)N(C)C(=O)NC(=O)CCl. The topological polar surface area (TPSA) is 49.4 Å². The fourth-order valence-electron chi connectivity index (χ4n) is 1.10. The van der Waals surface area contributed by atoms with Crippen LogP contribution in [0.5, 0.6) is 0 Å². The van der Waals surface area contributed by atoms with Crippen molar-refractivity contribution in [2.24, 2.45) is 0 Å². The number of carbonyl (C=O) groups is 2. The van der Waals surface area contributed by atoms with Gasteiger partial charge in [-0.2, -0.15) is 11.8 Å². The number of carbonyl (C=O) groups excluding carboxylic acids is 2. The van der Waals surface area contributed by atoms with E-state index in [9.17, 15) is 9.59 Å². The normalized spacial score (nSPS) is 12.0. The van der Waals surface area contributed by atoms with Crippen LogP contribution in [0.4, 0.5) is 4.79 Å². The van der Waals surface area contributed by atoms with Crippen LogP contribution in [0.2, 0.25) is 0 Å². The number of imide groups is 1. The number of thioether (sulfide) groups is 1. The number of nitrogens with one attached hydrogen (secondary N) is 1. The molecule has 3 amide bonds. The lowest BCUT2D eigenvalue weighted by Crippen LogP contribution is -2.46. The van der Waals surface area contributed by atoms with Crippen LogP contribution in [0.25, 0.3) is 0 Å². The van der Waals surface area contributed by atoms with Crippen LogP contribution in [0.3, 0.4) is 0 Å². The highest BCUT2D eigenvalue weighted by molar-refractivity contribution is 7.98. The number of halogens is 1. The molecule has 0 radical (unpaired) electrons. The van der Waals surface area contributed by atoms with Crippen molar-refractivity contribution in [3.8, 4) is 0 Å². The monoisotopic (exact) mass is 252 g/mol. The Labute approximate surface area is 99.7 Å². The largest absolute Gasteiger partial charge is 0.324 e. The lowest BCUT2D eigenvalue weighted by Gasteiger charge is -2.26. The maximum absolute atomic E-state index is 11.5. The summed E-state index contributed by atoms with van der Waals surface area (Å²) < 4.78 is 0. The summed E-state index contributed by atoms with van der Waals surface area (Å²) in [6.07, 6.45) is 2.85. The van der Waals surface area contributed by atoms with Gasteiger partial charge in [-0.15, -0.1) is 11.6 Å². The second-order valence-electron chi connectivity index (χ2n) is 3.12. The molecule has 0 rings (SSSR count). The molecule has 0 saturated carbocycles. The summed E-state index contributed by atoms with van der Waals surface area (Å²) in [4.78, 5) is 24.0. The van der Waals surface area contributed by atoms with Gasteiger partial charge in [-0.05, 0) is 12.7 Å². The minimum atomic E-state index is -0.465. The summed E-state index contributed by atoms with van der Waals surface area (Å²) in [7, 11) is 1.68. The summed E-state index contributed by atoms with van der Waals surface area (Å²) in [5, 5.41) is 2.21. The van der Waals surface area contributed by atoms with E-state index < -0.39 is 5.91 Å². The lowest BCUT2D eigenvalue weighted by molar-refractivity contribution is -0.117. The van der Waals surface area contributed by atoms with E-state index in [1.54, 1.807) is 23.7 Å². The molecule has 0 aromatic carbocycles. The van der Waals surface area contributed by atoms with Crippen LogP contribution in [-0.2, 0) is 4.79 Å². The van der Waals surface area contributed by atoms with Crippen molar-refractivity contribution >= 4 is 35.3 Å². The number of hydrogen-bond donors (Lipinski definition) is 1. The van der Waals surface area contributed by atoms with Gasteiger partial charge in [0.2, 0.25) is 5.91 Å². The third-order valence-electron chi connectivity index (χ3n) is 2.07. The van der Waals surface area contributed by atoms with Gasteiger partial charge in [0.1, 0.15) is 5.88 Å². The Bertz CT molecular complexity index is 226. The molecule has 4 nitrogen and oxygen atoms in total. The first kappa shape index (κ1) is 14.6. The van der Waals surface area contributed by atoms with E-state index >= 15 is 0 Å². The van der Waals surface area contributed by atoms with Crippen LogP contribution < -0.4 is 5.32 Å². The lowest BCUT2D eigenvalue weighted by atomic mass is 10.2. The number of nitrogens with zero attached hydrogens (tertiary/aromatic N) is 1. The number of alkyl halides is 1. The zero-order valence-corrected chi connectivity index (χ0v) is 10.8. The standard InChI is InChI=1S/C9H17ClN2O2S/c1-4-7(6-15-3)12(2)9(14)11-8(13)5-10/h7H,4-6H2,1-3H3,(H,11,13,14). The van der Waals surface area contributed by atoms with Gasteiger partial charge >= 0.3 is 6.03 Å². The highest BCUT2D eigenvalue weighted by Crippen LogP contribution is 2.08. The molecule has 0 aromatic heterocycles. The van der Waals surface area contributed by atoms with Crippen molar-refractivity contribution in [2.75, 3.05) is 24.9 Å². The Hall–Kier alpha value is -0.420. The van der Waals surface area contributed by atoms with Crippen molar-refractivity contribution in [3.63, 3.8) is 0 Å². The zero-order chi connectivity index (χ0) is 11.8. The molecule has 0 heterocycles. The molecule has 0 aliphatic carbocycles.